The Morgan fingerprint density at radius 3 is 2.44 bits per heavy atom. The molecule has 134 valence electrons. The third-order valence-electron chi connectivity index (χ3n) is 4.00. The van der Waals surface area contributed by atoms with Gasteiger partial charge in [0.1, 0.15) is 23.2 Å². The number of carbonyl (C=O) groups is 2. The molecule has 1 aromatic heterocycles. The number of furan rings is 1. The van der Waals surface area contributed by atoms with Gasteiger partial charge in [0.15, 0.2) is 0 Å². The van der Waals surface area contributed by atoms with Crippen molar-refractivity contribution in [3.63, 3.8) is 0 Å². The third kappa shape index (κ3) is 4.70. The molecule has 0 saturated carbocycles. The molecule has 2 unspecified atom stereocenters. The van der Waals surface area contributed by atoms with Gasteiger partial charge in [-0.2, -0.15) is 0 Å². The zero-order chi connectivity index (χ0) is 18.6. The average Bonchev–Trinajstić information content (AvgIpc) is 2.92. The molecule has 0 fully saturated rings. The van der Waals surface area contributed by atoms with Gasteiger partial charge in [-0.05, 0) is 45.9 Å². The van der Waals surface area contributed by atoms with Crippen LogP contribution in [0.1, 0.15) is 41.3 Å². The number of carbonyl (C=O) groups excluding carboxylic acids is 2. The van der Waals surface area contributed by atoms with E-state index in [1.165, 1.54) is 0 Å². The second-order valence-corrected chi connectivity index (χ2v) is 6.38. The predicted molar refractivity (Wildman–Crippen MR) is 94.1 cm³/mol. The minimum absolute atomic E-state index is 0.0111. The standard InChI is InChI=1S/C19H24N2O4/c1-12-10-16(14(3)25-12)19(4,24)11-20-17(22)13(2)21-18(23)15-8-6-5-7-9-15/h5-10,13,24H,11H2,1-4H3,(H,20,22)(H,21,23). The summed E-state index contributed by atoms with van der Waals surface area (Å²) in [7, 11) is 0. The number of hydrogen-bond donors (Lipinski definition) is 3. The van der Waals surface area contributed by atoms with Gasteiger partial charge in [-0.25, -0.2) is 0 Å². The molecule has 1 heterocycles. The molecule has 1 aromatic carbocycles. The summed E-state index contributed by atoms with van der Waals surface area (Å²) in [6, 6.07) is 9.70. The molecular formula is C19H24N2O4. The van der Waals surface area contributed by atoms with Crippen molar-refractivity contribution in [2.45, 2.75) is 39.3 Å². The summed E-state index contributed by atoms with van der Waals surface area (Å²) in [6.07, 6.45) is 0. The molecule has 2 aromatic rings. The van der Waals surface area contributed by atoms with E-state index in [0.29, 0.717) is 22.6 Å². The van der Waals surface area contributed by atoms with Crippen molar-refractivity contribution < 1.29 is 19.1 Å². The van der Waals surface area contributed by atoms with Crippen LogP contribution in [0.25, 0.3) is 0 Å². The number of rotatable bonds is 6. The van der Waals surface area contributed by atoms with E-state index >= 15 is 0 Å². The fourth-order valence-electron chi connectivity index (χ4n) is 2.61. The van der Waals surface area contributed by atoms with Gasteiger partial charge in [0.25, 0.3) is 5.91 Å². The highest BCUT2D eigenvalue weighted by atomic mass is 16.3. The molecule has 6 nitrogen and oxygen atoms in total. The SMILES string of the molecule is Cc1cc(C(C)(O)CNC(=O)C(C)NC(=O)c2ccccc2)c(C)o1. The average molecular weight is 344 g/mol. The molecule has 0 radical (unpaired) electrons. The van der Waals surface area contributed by atoms with Crippen LogP contribution in [0.15, 0.2) is 40.8 Å². The number of aliphatic hydroxyl groups is 1. The van der Waals surface area contributed by atoms with Gasteiger partial charge in [0, 0.05) is 11.1 Å². The molecule has 2 amide bonds. The molecule has 0 bridgehead atoms. The number of amides is 2. The molecule has 0 saturated heterocycles. The minimum Gasteiger partial charge on any atom is -0.466 e. The lowest BCUT2D eigenvalue weighted by Crippen LogP contribution is -2.48. The number of hydrogen-bond acceptors (Lipinski definition) is 4. The maximum Gasteiger partial charge on any atom is 0.251 e. The van der Waals surface area contributed by atoms with Gasteiger partial charge >= 0.3 is 0 Å². The summed E-state index contributed by atoms with van der Waals surface area (Å²) in [6.45, 7) is 6.78. The lowest BCUT2D eigenvalue weighted by atomic mass is 9.96. The quantitative estimate of drug-likeness (QED) is 0.748. The highest BCUT2D eigenvalue weighted by Crippen LogP contribution is 2.26. The van der Waals surface area contributed by atoms with Crippen molar-refractivity contribution in [3.8, 4) is 0 Å². The Morgan fingerprint density at radius 2 is 1.88 bits per heavy atom. The lowest BCUT2D eigenvalue weighted by molar-refractivity contribution is -0.123. The van der Waals surface area contributed by atoms with Gasteiger partial charge in [0.2, 0.25) is 5.91 Å². The molecule has 0 aliphatic heterocycles. The van der Waals surface area contributed by atoms with E-state index in [1.54, 1.807) is 58.0 Å². The molecule has 0 aliphatic carbocycles. The molecule has 2 rings (SSSR count). The van der Waals surface area contributed by atoms with Crippen molar-refractivity contribution in [3.05, 3.63) is 59.0 Å². The number of aryl methyl sites for hydroxylation is 2. The summed E-state index contributed by atoms with van der Waals surface area (Å²) in [4.78, 5) is 24.3. The van der Waals surface area contributed by atoms with Crippen molar-refractivity contribution in [1.82, 2.24) is 10.6 Å². The lowest BCUT2D eigenvalue weighted by Gasteiger charge is -2.24. The van der Waals surface area contributed by atoms with Crippen LogP contribution in [-0.2, 0) is 10.4 Å². The molecule has 0 spiro atoms. The van der Waals surface area contributed by atoms with Gasteiger partial charge in [0.05, 0.1) is 6.54 Å². The Bertz CT molecular complexity index is 750. The largest absolute Gasteiger partial charge is 0.466 e. The van der Waals surface area contributed by atoms with Crippen LogP contribution in [0.3, 0.4) is 0 Å². The van der Waals surface area contributed by atoms with E-state index in [2.05, 4.69) is 10.6 Å². The number of benzene rings is 1. The molecular weight excluding hydrogens is 320 g/mol. The van der Waals surface area contributed by atoms with Crippen molar-refractivity contribution in [1.29, 1.82) is 0 Å². The first-order valence-corrected chi connectivity index (χ1v) is 8.14. The summed E-state index contributed by atoms with van der Waals surface area (Å²) in [5, 5.41) is 15.9. The first-order valence-electron chi connectivity index (χ1n) is 8.14. The van der Waals surface area contributed by atoms with Gasteiger partial charge in [-0.1, -0.05) is 18.2 Å². The fourth-order valence-corrected chi connectivity index (χ4v) is 2.61. The van der Waals surface area contributed by atoms with Crippen LogP contribution >= 0.6 is 0 Å². The molecule has 2 atom stereocenters. The normalized spacial score (nSPS) is 14.4. The highest BCUT2D eigenvalue weighted by Gasteiger charge is 2.29. The van der Waals surface area contributed by atoms with Gasteiger partial charge < -0.3 is 20.2 Å². The van der Waals surface area contributed by atoms with Gasteiger partial charge in [-0.3, -0.25) is 9.59 Å². The maximum atomic E-state index is 12.2. The summed E-state index contributed by atoms with van der Waals surface area (Å²) in [5.74, 6) is 0.614. The van der Waals surface area contributed by atoms with E-state index in [4.69, 9.17) is 4.42 Å². The topological polar surface area (TPSA) is 91.6 Å². The third-order valence-corrected chi connectivity index (χ3v) is 4.00. The van der Waals surface area contributed by atoms with Crippen LogP contribution in [0.5, 0.6) is 0 Å². The second kappa shape index (κ2) is 7.53. The smallest absolute Gasteiger partial charge is 0.251 e. The molecule has 0 aliphatic rings. The van der Waals surface area contributed by atoms with Crippen molar-refractivity contribution in [2.75, 3.05) is 6.54 Å². The van der Waals surface area contributed by atoms with Crippen LogP contribution < -0.4 is 10.6 Å². The highest BCUT2D eigenvalue weighted by molar-refractivity contribution is 5.97. The fraction of sp³-hybridized carbons (Fsp3) is 0.368. The van der Waals surface area contributed by atoms with E-state index in [-0.39, 0.29) is 18.4 Å². The van der Waals surface area contributed by atoms with E-state index < -0.39 is 11.6 Å². The summed E-state index contributed by atoms with van der Waals surface area (Å²) < 4.78 is 5.43. The zero-order valence-corrected chi connectivity index (χ0v) is 14.9. The zero-order valence-electron chi connectivity index (χ0n) is 14.9. The van der Waals surface area contributed by atoms with E-state index in [0.717, 1.165) is 0 Å². The van der Waals surface area contributed by atoms with Crippen LogP contribution in [0.4, 0.5) is 0 Å². The maximum absolute atomic E-state index is 12.2. The van der Waals surface area contributed by atoms with Gasteiger partial charge in [-0.15, -0.1) is 0 Å². The molecule has 6 heteroatoms. The van der Waals surface area contributed by atoms with Crippen LogP contribution in [0.2, 0.25) is 0 Å². The first-order chi connectivity index (χ1) is 11.7. The van der Waals surface area contributed by atoms with Crippen molar-refractivity contribution in [2.24, 2.45) is 0 Å². The monoisotopic (exact) mass is 344 g/mol. The Hall–Kier alpha value is -2.60. The first kappa shape index (κ1) is 18.7. The van der Waals surface area contributed by atoms with Crippen LogP contribution in [-0.4, -0.2) is 29.5 Å². The Morgan fingerprint density at radius 1 is 1.24 bits per heavy atom. The molecule has 3 N–H and O–H groups in total. The summed E-state index contributed by atoms with van der Waals surface area (Å²) in [5.41, 5.74) is -0.148. The summed E-state index contributed by atoms with van der Waals surface area (Å²) >= 11 is 0. The Kier molecular flexibility index (Phi) is 5.64. The Balaban J connectivity index is 1.93. The second-order valence-electron chi connectivity index (χ2n) is 6.38. The van der Waals surface area contributed by atoms with E-state index in [9.17, 15) is 14.7 Å². The Labute approximate surface area is 147 Å². The van der Waals surface area contributed by atoms with Crippen LogP contribution in [0, 0.1) is 13.8 Å². The molecule has 25 heavy (non-hydrogen) atoms. The van der Waals surface area contributed by atoms with Crippen molar-refractivity contribution >= 4 is 11.8 Å². The predicted octanol–water partition coefficient (Wildman–Crippen LogP) is 2.04. The number of nitrogens with one attached hydrogen (secondary N) is 2. The van der Waals surface area contributed by atoms with E-state index in [1.807, 2.05) is 6.07 Å². The minimum atomic E-state index is -1.26.